The van der Waals surface area contributed by atoms with Crippen LogP contribution >= 0.6 is 0 Å². The number of hydrogen-bond donors (Lipinski definition) is 3. The molecule has 3 N–H and O–H groups in total. The monoisotopic (exact) mass is 357 g/mol. The number of benzene rings is 2. The Hall–Kier alpha value is -3.55. The highest BCUT2D eigenvalue weighted by atomic mass is 16.6. The number of nitrogens with one attached hydrogen (secondary N) is 3. The minimum atomic E-state index is -0.732. The van der Waals surface area contributed by atoms with Gasteiger partial charge in [-0.25, -0.2) is 9.59 Å². The Bertz CT molecular complexity index is 722. The van der Waals surface area contributed by atoms with Crippen LogP contribution in [0.25, 0.3) is 0 Å². The van der Waals surface area contributed by atoms with E-state index in [-0.39, 0.29) is 13.2 Å². The van der Waals surface area contributed by atoms with Crippen LogP contribution < -0.4 is 16.0 Å². The second kappa shape index (κ2) is 10.3. The van der Waals surface area contributed by atoms with Gasteiger partial charge in [0, 0.05) is 11.4 Å². The lowest BCUT2D eigenvalue weighted by Gasteiger charge is -2.09. The fraction of sp³-hybridized carbons (Fsp3) is 0.167. The van der Waals surface area contributed by atoms with Crippen molar-refractivity contribution in [2.75, 3.05) is 30.4 Å². The molecule has 0 fully saturated rings. The van der Waals surface area contributed by atoms with E-state index in [1.165, 1.54) is 0 Å². The second-order valence-electron chi connectivity index (χ2n) is 5.04. The van der Waals surface area contributed by atoms with Gasteiger partial charge in [-0.05, 0) is 24.3 Å². The van der Waals surface area contributed by atoms with E-state index in [4.69, 9.17) is 9.47 Å². The summed E-state index contributed by atoms with van der Waals surface area (Å²) in [5, 5.41) is 7.50. The van der Waals surface area contributed by atoms with Crippen molar-refractivity contribution in [3.05, 3.63) is 60.7 Å². The van der Waals surface area contributed by atoms with E-state index < -0.39 is 24.7 Å². The molecule has 0 aliphatic rings. The van der Waals surface area contributed by atoms with Gasteiger partial charge in [0.15, 0.2) is 6.61 Å². The molecule has 0 unspecified atom stereocenters. The zero-order valence-electron chi connectivity index (χ0n) is 13.9. The summed E-state index contributed by atoms with van der Waals surface area (Å²) < 4.78 is 9.70. The highest BCUT2D eigenvalue weighted by Gasteiger charge is 2.08. The molecule has 2 rings (SSSR count). The summed E-state index contributed by atoms with van der Waals surface area (Å²) in [7, 11) is 0. The number of hydrogen-bond acceptors (Lipinski definition) is 5. The highest BCUT2D eigenvalue weighted by Crippen LogP contribution is 2.05. The predicted octanol–water partition coefficient (Wildman–Crippen LogP) is 2.60. The Morgan fingerprint density at radius 1 is 0.731 bits per heavy atom. The van der Waals surface area contributed by atoms with Gasteiger partial charge >= 0.3 is 12.2 Å². The molecular formula is C18H19N3O5. The Kier molecular flexibility index (Phi) is 7.47. The van der Waals surface area contributed by atoms with Crippen LogP contribution in [-0.4, -0.2) is 37.9 Å². The first-order chi connectivity index (χ1) is 12.6. The molecule has 0 aromatic heterocycles. The van der Waals surface area contributed by atoms with Crippen LogP contribution in [0.1, 0.15) is 0 Å². The first-order valence-corrected chi connectivity index (χ1v) is 7.88. The molecule has 136 valence electrons. The van der Waals surface area contributed by atoms with Crippen molar-refractivity contribution in [2.24, 2.45) is 0 Å². The Labute approximate surface area is 150 Å². The van der Waals surface area contributed by atoms with Gasteiger partial charge < -0.3 is 14.8 Å². The van der Waals surface area contributed by atoms with E-state index in [0.29, 0.717) is 11.4 Å². The number of carbonyl (C=O) groups is 3. The molecule has 0 heterocycles. The van der Waals surface area contributed by atoms with Crippen LogP contribution in [0.15, 0.2) is 60.7 Å². The van der Waals surface area contributed by atoms with Crippen LogP contribution in [0.2, 0.25) is 0 Å². The van der Waals surface area contributed by atoms with Crippen molar-refractivity contribution in [3.8, 4) is 0 Å². The van der Waals surface area contributed by atoms with Gasteiger partial charge in [-0.2, -0.15) is 0 Å². The highest BCUT2D eigenvalue weighted by molar-refractivity contribution is 5.87. The molecule has 0 spiro atoms. The summed E-state index contributed by atoms with van der Waals surface area (Å²) in [6.07, 6.45) is -1.35. The number of rotatable bonds is 7. The van der Waals surface area contributed by atoms with Crippen molar-refractivity contribution in [1.29, 1.82) is 0 Å². The maximum Gasteiger partial charge on any atom is 0.412 e. The standard InChI is InChI=1S/C18H19N3O5/c22-16(13-26-18(24)21-15-9-5-2-6-10-15)19-11-12-25-17(23)20-14-7-3-1-4-8-14/h1-10H,11-13H2,(H,19,22)(H,20,23)(H,21,24). The fourth-order valence-corrected chi connectivity index (χ4v) is 1.87. The molecular weight excluding hydrogens is 338 g/mol. The smallest absolute Gasteiger partial charge is 0.412 e. The van der Waals surface area contributed by atoms with Crippen molar-refractivity contribution in [1.82, 2.24) is 5.32 Å². The molecule has 0 saturated carbocycles. The van der Waals surface area contributed by atoms with Gasteiger partial charge in [-0.15, -0.1) is 0 Å². The zero-order chi connectivity index (χ0) is 18.6. The van der Waals surface area contributed by atoms with Gasteiger partial charge in [0.2, 0.25) is 0 Å². The van der Waals surface area contributed by atoms with Crippen LogP contribution in [0.4, 0.5) is 21.0 Å². The van der Waals surface area contributed by atoms with Gasteiger partial charge in [-0.1, -0.05) is 36.4 Å². The molecule has 0 aliphatic carbocycles. The summed E-state index contributed by atoms with van der Waals surface area (Å²) in [6.45, 7) is -0.347. The topological polar surface area (TPSA) is 106 Å². The molecule has 2 aromatic rings. The average molecular weight is 357 g/mol. The minimum Gasteiger partial charge on any atom is -0.447 e. The van der Waals surface area contributed by atoms with Gasteiger partial charge in [0.1, 0.15) is 6.61 Å². The maximum atomic E-state index is 11.6. The number of ether oxygens (including phenoxy) is 2. The maximum absolute atomic E-state index is 11.6. The third kappa shape index (κ3) is 7.35. The van der Waals surface area contributed by atoms with E-state index in [9.17, 15) is 14.4 Å². The molecule has 0 atom stereocenters. The summed E-state index contributed by atoms with van der Waals surface area (Å²) in [4.78, 5) is 34.6. The third-order valence-electron chi connectivity index (χ3n) is 3.03. The summed E-state index contributed by atoms with van der Waals surface area (Å²) >= 11 is 0. The van der Waals surface area contributed by atoms with Crippen molar-refractivity contribution in [2.45, 2.75) is 0 Å². The van der Waals surface area contributed by atoms with E-state index in [2.05, 4.69) is 16.0 Å². The Morgan fingerprint density at radius 3 is 1.77 bits per heavy atom. The first kappa shape index (κ1) is 18.8. The van der Waals surface area contributed by atoms with Crippen molar-refractivity contribution < 1.29 is 23.9 Å². The molecule has 0 radical (unpaired) electrons. The van der Waals surface area contributed by atoms with Crippen LogP contribution in [0.3, 0.4) is 0 Å². The number of anilines is 2. The first-order valence-electron chi connectivity index (χ1n) is 7.88. The van der Waals surface area contributed by atoms with E-state index in [1.807, 2.05) is 12.1 Å². The Morgan fingerprint density at radius 2 is 1.23 bits per heavy atom. The molecule has 26 heavy (non-hydrogen) atoms. The van der Waals surface area contributed by atoms with Gasteiger partial charge in [-0.3, -0.25) is 15.4 Å². The molecule has 8 nitrogen and oxygen atoms in total. The number of para-hydroxylation sites is 2. The SMILES string of the molecule is O=C(COC(=O)Nc1ccccc1)NCCOC(=O)Nc1ccccc1. The second-order valence-corrected chi connectivity index (χ2v) is 5.04. The largest absolute Gasteiger partial charge is 0.447 e. The van der Waals surface area contributed by atoms with Crippen LogP contribution in [0, 0.1) is 0 Å². The number of carbonyl (C=O) groups excluding carboxylic acids is 3. The summed E-state index contributed by atoms with van der Waals surface area (Å²) in [6, 6.07) is 17.6. The molecule has 3 amide bonds. The van der Waals surface area contributed by atoms with Gasteiger partial charge in [0.05, 0.1) is 6.54 Å². The number of amides is 3. The van der Waals surface area contributed by atoms with E-state index >= 15 is 0 Å². The average Bonchev–Trinajstić information content (AvgIpc) is 2.65. The lowest BCUT2D eigenvalue weighted by Crippen LogP contribution is -2.33. The lowest BCUT2D eigenvalue weighted by molar-refractivity contribution is -0.124. The summed E-state index contributed by atoms with van der Waals surface area (Å²) in [5.41, 5.74) is 1.18. The third-order valence-corrected chi connectivity index (χ3v) is 3.03. The molecule has 8 heteroatoms. The normalized spacial score (nSPS) is 9.69. The van der Waals surface area contributed by atoms with E-state index in [1.54, 1.807) is 48.5 Å². The molecule has 0 saturated heterocycles. The molecule has 0 aliphatic heterocycles. The van der Waals surface area contributed by atoms with Crippen LogP contribution in [-0.2, 0) is 14.3 Å². The minimum absolute atomic E-state index is 0.0133. The van der Waals surface area contributed by atoms with Crippen LogP contribution in [0.5, 0.6) is 0 Å². The fourth-order valence-electron chi connectivity index (χ4n) is 1.87. The predicted molar refractivity (Wildman–Crippen MR) is 95.8 cm³/mol. The van der Waals surface area contributed by atoms with Crippen molar-refractivity contribution >= 4 is 29.5 Å². The zero-order valence-corrected chi connectivity index (χ0v) is 13.9. The van der Waals surface area contributed by atoms with E-state index in [0.717, 1.165) is 0 Å². The lowest BCUT2D eigenvalue weighted by atomic mass is 10.3. The molecule has 0 bridgehead atoms. The van der Waals surface area contributed by atoms with Gasteiger partial charge in [0.25, 0.3) is 5.91 Å². The van der Waals surface area contributed by atoms with Crippen molar-refractivity contribution in [3.63, 3.8) is 0 Å². The molecule has 2 aromatic carbocycles. The summed E-state index contributed by atoms with van der Waals surface area (Å²) in [5.74, 6) is -0.500. The quantitative estimate of drug-likeness (QED) is 0.661. The Balaban J connectivity index is 1.54.